The average molecular weight is 564 g/mol. The van der Waals surface area contributed by atoms with E-state index in [0.29, 0.717) is 19.0 Å². The van der Waals surface area contributed by atoms with Crippen molar-refractivity contribution in [3.63, 3.8) is 0 Å². The molecule has 0 saturated carbocycles. The van der Waals surface area contributed by atoms with Gasteiger partial charge in [0.15, 0.2) is 4.34 Å². The first-order valence-electron chi connectivity index (χ1n) is 10.6. The van der Waals surface area contributed by atoms with Crippen molar-refractivity contribution in [2.75, 3.05) is 19.0 Å². The molecular formula is C24H27BrN4O3S2. The Morgan fingerprint density at radius 1 is 1.15 bits per heavy atom. The highest BCUT2D eigenvalue weighted by atomic mass is 79.9. The van der Waals surface area contributed by atoms with E-state index in [2.05, 4.69) is 69.6 Å². The molecule has 0 aliphatic rings. The van der Waals surface area contributed by atoms with Gasteiger partial charge in [0.05, 0.1) is 12.0 Å². The van der Waals surface area contributed by atoms with Crippen LogP contribution in [0.4, 0.5) is 0 Å². The number of hydrogen-bond donors (Lipinski definition) is 1. The first-order valence-corrected chi connectivity index (χ1v) is 13.2. The molecule has 1 heterocycles. The number of hydrogen-bond acceptors (Lipinski definition) is 8. The Balaban J connectivity index is 1.47. The number of halogens is 1. The fraction of sp³-hybridized carbons (Fsp3) is 0.333. The van der Waals surface area contributed by atoms with Crippen LogP contribution in [0.25, 0.3) is 0 Å². The van der Waals surface area contributed by atoms with Crippen LogP contribution in [0, 0.1) is 6.92 Å². The number of amides is 1. The zero-order valence-electron chi connectivity index (χ0n) is 19.5. The van der Waals surface area contributed by atoms with Crippen molar-refractivity contribution in [1.82, 2.24) is 15.6 Å². The third kappa shape index (κ3) is 8.41. The lowest BCUT2D eigenvalue weighted by Crippen LogP contribution is -2.19. The van der Waals surface area contributed by atoms with Gasteiger partial charge in [0.1, 0.15) is 29.7 Å². The predicted octanol–water partition coefficient (Wildman–Crippen LogP) is 5.61. The molecule has 3 aromatic rings. The highest BCUT2D eigenvalue weighted by Crippen LogP contribution is 2.25. The smallest absolute Gasteiger partial charge is 0.250 e. The Morgan fingerprint density at radius 3 is 2.56 bits per heavy atom. The van der Waals surface area contributed by atoms with E-state index < -0.39 is 0 Å². The largest absolute Gasteiger partial charge is 0.490 e. The summed E-state index contributed by atoms with van der Waals surface area (Å²) in [5, 5.41) is 12.8. The number of aryl methyl sites for hydroxylation is 1. The highest BCUT2D eigenvalue weighted by molar-refractivity contribution is 9.10. The van der Waals surface area contributed by atoms with Crippen molar-refractivity contribution in [1.29, 1.82) is 0 Å². The van der Waals surface area contributed by atoms with Crippen molar-refractivity contribution < 1.29 is 14.3 Å². The summed E-state index contributed by atoms with van der Waals surface area (Å²) in [6.07, 6.45) is 1.56. The predicted molar refractivity (Wildman–Crippen MR) is 141 cm³/mol. The van der Waals surface area contributed by atoms with Crippen molar-refractivity contribution in [2.24, 2.45) is 5.10 Å². The number of thioether (sulfide) groups is 1. The zero-order valence-corrected chi connectivity index (χ0v) is 22.7. The second-order valence-corrected chi connectivity index (χ2v) is 11.6. The summed E-state index contributed by atoms with van der Waals surface area (Å²) in [4.78, 5) is 12.0. The molecule has 10 heteroatoms. The van der Waals surface area contributed by atoms with E-state index in [1.54, 1.807) is 6.21 Å². The van der Waals surface area contributed by atoms with Gasteiger partial charge in [-0.3, -0.25) is 4.79 Å². The maximum atomic E-state index is 12.0. The van der Waals surface area contributed by atoms with E-state index >= 15 is 0 Å². The Hall–Kier alpha value is -2.43. The second-order valence-electron chi connectivity index (χ2n) is 8.32. The molecule has 0 atom stereocenters. The molecular weight excluding hydrogens is 536 g/mol. The van der Waals surface area contributed by atoms with Crippen LogP contribution in [0.3, 0.4) is 0 Å². The Bertz CT molecular complexity index is 1130. The molecule has 34 heavy (non-hydrogen) atoms. The summed E-state index contributed by atoms with van der Waals surface area (Å²) in [5.41, 5.74) is 4.63. The lowest BCUT2D eigenvalue weighted by Gasteiger charge is -2.19. The summed E-state index contributed by atoms with van der Waals surface area (Å²) >= 11 is 6.24. The normalized spacial score (nSPS) is 11.6. The molecule has 1 aromatic heterocycles. The summed E-state index contributed by atoms with van der Waals surface area (Å²) in [5.74, 6) is 1.43. The maximum absolute atomic E-state index is 12.0. The average Bonchev–Trinajstić information content (AvgIpc) is 3.21. The van der Waals surface area contributed by atoms with Crippen LogP contribution in [0.5, 0.6) is 11.5 Å². The van der Waals surface area contributed by atoms with Gasteiger partial charge in [0.2, 0.25) is 0 Å². The zero-order chi connectivity index (χ0) is 24.6. The Morgan fingerprint density at radius 2 is 1.88 bits per heavy atom. The van der Waals surface area contributed by atoms with Crippen LogP contribution in [0.15, 0.2) is 56.4 Å². The van der Waals surface area contributed by atoms with Crippen LogP contribution in [0.1, 0.15) is 36.9 Å². The fourth-order valence-corrected chi connectivity index (χ4v) is 4.77. The Labute approximate surface area is 216 Å². The van der Waals surface area contributed by atoms with Crippen LogP contribution in [0.2, 0.25) is 0 Å². The lowest BCUT2D eigenvalue weighted by atomic mass is 9.87. The van der Waals surface area contributed by atoms with Crippen LogP contribution < -0.4 is 14.9 Å². The molecule has 3 rings (SSSR count). The van der Waals surface area contributed by atoms with Gasteiger partial charge in [-0.2, -0.15) is 5.10 Å². The topological polar surface area (TPSA) is 85.7 Å². The van der Waals surface area contributed by atoms with Crippen molar-refractivity contribution in [2.45, 2.75) is 37.4 Å². The van der Waals surface area contributed by atoms with Crippen LogP contribution in [-0.2, 0) is 10.2 Å². The third-order valence-electron chi connectivity index (χ3n) is 4.53. The number of ether oxygens (including phenoxy) is 2. The van der Waals surface area contributed by atoms with Gasteiger partial charge in [-0.15, -0.1) is 10.2 Å². The molecule has 0 bridgehead atoms. The number of nitrogens with zero attached hydrogens (tertiary/aromatic N) is 3. The number of nitrogens with one attached hydrogen (secondary N) is 1. The molecule has 1 amide bonds. The molecule has 0 fully saturated rings. The number of rotatable bonds is 10. The van der Waals surface area contributed by atoms with E-state index in [0.717, 1.165) is 25.1 Å². The standard InChI is InChI=1S/C24H27BrN4O3S2/c1-16-27-29-23(34-16)33-15-22(30)28-26-14-17-13-19(25)7-10-21(17)32-12-11-31-20-8-5-18(6-9-20)24(2,3)4/h5-10,13-14H,11-12,15H2,1-4H3,(H,28,30). The van der Waals surface area contributed by atoms with E-state index in [1.165, 1.54) is 28.7 Å². The number of benzene rings is 2. The lowest BCUT2D eigenvalue weighted by molar-refractivity contribution is -0.118. The molecule has 7 nitrogen and oxygen atoms in total. The number of hydrazone groups is 1. The molecule has 0 unspecified atom stereocenters. The quantitative estimate of drug-likeness (QED) is 0.150. The number of carbonyl (C=O) groups excluding carboxylic acids is 1. The monoisotopic (exact) mass is 562 g/mol. The van der Waals surface area contributed by atoms with E-state index in [9.17, 15) is 4.79 Å². The first-order chi connectivity index (χ1) is 16.2. The van der Waals surface area contributed by atoms with Crippen LogP contribution in [-0.4, -0.2) is 41.3 Å². The van der Waals surface area contributed by atoms with Gasteiger partial charge in [0.25, 0.3) is 5.91 Å². The molecule has 0 aliphatic heterocycles. The molecule has 0 radical (unpaired) electrons. The number of aromatic nitrogens is 2. The number of carbonyl (C=O) groups is 1. The first kappa shape index (κ1) is 26.2. The minimum absolute atomic E-state index is 0.109. The van der Waals surface area contributed by atoms with Gasteiger partial charge in [-0.25, -0.2) is 5.43 Å². The van der Waals surface area contributed by atoms with Crippen LogP contribution >= 0.6 is 39.0 Å². The van der Waals surface area contributed by atoms with Gasteiger partial charge >= 0.3 is 0 Å². The van der Waals surface area contributed by atoms with Gasteiger partial charge < -0.3 is 9.47 Å². The second kappa shape index (κ2) is 12.3. The van der Waals surface area contributed by atoms with Crippen molar-refractivity contribution >= 4 is 51.2 Å². The molecule has 2 aromatic carbocycles. The summed E-state index contributed by atoms with van der Waals surface area (Å²) in [7, 11) is 0. The van der Waals surface area contributed by atoms with Gasteiger partial charge in [0, 0.05) is 10.0 Å². The van der Waals surface area contributed by atoms with E-state index in [1.807, 2.05) is 37.3 Å². The summed E-state index contributed by atoms with van der Waals surface area (Å²) in [6, 6.07) is 13.7. The molecule has 0 saturated heterocycles. The summed E-state index contributed by atoms with van der Waals surface area (Å²) < 4.78 is 13.3. The van der Waals surface area contributed by atoms with E-state index in [4.69, 9.17) is 9.47 Å². The minimum atomic E-state index is -0.225. The molecule has 1 N–H and O–H groups in total. The maximum Gasteiger partial charge on any atom is 0.250 e. The summed E-state index contributed by atoms with van der Waals surface area (Å²) in [6.45, 7) is 9.19. The van der Waals surface area contributed by atoms with E-state index in [-0.39, 0.29) is 17.1 Å². The third-order valence-corrected chi connectivity index (χ3v) is 6.99. The SMILES string of the molecule is Cc1nnc(SCC(=O)NN=Cc2cc(Br)ccc2OCCOc2ccc(C(C)(C)C)cc2)s1. The Kier molecular flexibility index (Phi) is 9.49. The van der Waals surface area contributed by atoms with Crippen molar-refractivity contribution in [3.05, 3.63) is 63.1 Å². The highest BCUT2D eigenvalue weighted by Gasteiger charge is 2.13. The van der Waals surface area contributed by atoms with Gasteiger partial charge in [-0.1, -0.05) is 71.9 Å². The minimum Gasteiger partial charge on any atom is -0.490 e. The fourth-order valence-electron chi connectivity index (χ4n) is 2.78. The van der Waals surface area contributed by atoms with Gasteiger partial charge in [-0.05, 0) is 48.2 Å². The molecule has 0 aliphatic carbocycles. The van der Waals surface area contributed by atoms with Crippen molar-refractivity contribution in [3.8, 4) is 11.5 Å². The molecule has 0 spiro atoms. The molecule has 180 valence electrons.